The van der Waals surface area contributed by atoms with Gasteiger partial charge in [0, 0.05) is 16.3 Å². The topological polar surface area (TPSA) is 104 Å². The first-order valence-electron chi connectivity index (χ1n) is 2.68. The summed E-state index contributed by atoms with van der Waals surface area (Å²) in [5.41, 5.74) is 5.05. The van der Waals surface area contributed by atoms with Crippen LogP contribution < -0.4 is 5.73 Å². The van der Waals surface area contributed by atoms with Gasteiger partial charge in [-0.1, -0.05) is 0 Å². The molecule has 0 aromatic rings. The lowest BCUT2D eigenvalue weighted by atomic mass is 10.2. The molecule has 5 nitrogen and oxygen atoms in total. The monoisotopic (exact) mass is 166 g/mol. The van der Waals surface area contributed by atoms with Crippen LogP contribution in [0.1, 0.15) is 6.42 Å². The molecule has 0 aromatic carbocycles. The Morgan fingerprint density at radius 3 is 2.60 bits per heavy atom. The molecule has 0 aromatic heterocycles. The summed E-state index contributed by atoms with van der Waals surface area (Å²) in [5, 5.41) is 8.21. The quantitative estimate of drug-likeness (QED) is 0.403. The van der Waals surface area contributed by atoms with E-state index in [1.807, 2.05) is 0 Å². The molecule has 0 heterocycles. The number of carbonyl (C=O) groups is 1. The Balaban J connectivity index is 3.59. The van der Waals surface area contributed by atoms with Gasteiger partial charge in [0.25, 0.3) is 0 Å². The molecule has 2 atom stereocenters. The first kappa shape index (κ1) is 9.38. The van der Waals surface area contributed by atoms with Crippen molar-refractivity contribution < 1.29 is 14.1 Å². The second kappa shape index (κ2) is 4.24. The fraction of sp³-hybridized carbons (Fsp3) is 0.750. The zero-order valence-corrected chi connectivity index (χ0v) is 6.17. The van der Waals surface area contributed by atoms with Crippen molar-refractivity contribution in [3.05, 3.63) is 0 Å². The van der Waals surface area contributed by atoms with Crippen LogP contribution in [-0.2, 0) is 15.4 Å². The molecule has 6 heteroatoms. The molecule has 0 rings (SSSR count). The van der Waals surface area contributed by atoms with Crippen LogP contribution in [0.25, 0.3) is 0 Å². The summed E-state index contributed by atoms with van der Waals surface area (Å²) >= 11 is 0. The first-order chi connectivity index (χ1) is 4.54. The van der Waals surface area contributed by atoms with Crippen LogP contribution in [0.4, 0.5) is 0 Å². The minimum atomic E-state index is -2.00. The Morgan fingerprint density at radius 2 is 2.30 bits per heavy atom. The molecule has 4 N–H and O–H groups in total. The van der Waals surface area contributed by atoms with Crippen molar-refractivity contribution in [3.63, 3.8) is 0 Å². The number of hydrogen-bond acceptors (Lipinski definition) is 4. The molecule has 0 amide bonds. The zero-order valence-electron chi connectivity index (χ0n) is 5.28. The second-order valence-corrected chi connectivity index (χ2v) is 3.04. The van der Waals surface area contributed by atoms with Gasteiger partial charge in [0.2, 0.25) is 0 Å². The van der Waals surface area contributed by atoms with Crippen LogP contribution >= 0.6 is 0 Å². The Hall–Kier alpha value is -0.620. The van der Waals surface area contributed by atoms with Crippen molar-refractivity contribution in [2.75, 3.05) is 5.75 Å². The van der Waals surface area contributed by atoms with Crippen molar-refractivity contribution in [3.8, 4) is 0 Å². The average Bonchev–Trinajstić information content (AvgIpc) is 1.82. The van der Waals surface area contributed by atoms with Gasteiger partial charge in [-0.15, -0.1) is 0 Å². The Morgan fingerprint density at radius 1 is 1.80 bits per heavy atom. The smallest absolute Gasteiger partial charge is 0.320 e. The van der Waals surface area contributed by atoms with Crippen molar-refractivity contribution in [1.29, 1.82) is 4.78 Å². The number of nitrogens with two attached hydrogens (primary N) is 1. The van der Waals surface area contributed by atoms with Crippen LogP contribution in [0.5, 0.6) is 0 Å². The van der Waals surface area contributed by atoms with Crippen LogP contribution in [0, 0.1) is 4.78 Å². The fourth-order valence-corrected chi connectivity index (χ4v) is 0.892. The Labute approximate surface area is 60.2 Å². The normalized spacial score (nSPS) is 16.1. The lowest BCUT2D eigenvalue weighted by molar-refractivity contribution is -0.138. The predicted octanol–water partition coefficient (Wildman–Crippen LogP) is -0.968. The molecule has 0 aliphatic carbocycles. The highest BCUT2D eigenvalue weighted by Crippen LogP contribution is 1.87. The molecule has 0 aliphatic heterocycles. The number of rotatable bonds is 4. The van der Waals surface area contributed by atoms with E-state index in [0.29, 0.717) is 0 Å². The van der Waals surface area contributed by atoms with Crippen LogP contribution in [0.15, 0.2) is 0 Å². The van der Waals surface area contributed by atoms with Crippen molar-refractivity contribution in [1.82, 2.24) is 0 Å². The van der Waals surface area contributed by atoms with Gasteiger partial charge in [0.05, 0.1) is 0 Å². The lowest BCUT2D eigenvalue weighted by Crippen LogP contribution is -2.30. The van der Waals surface area contributed by atoms with E-state index in [-0.39, 0.29) is 12.2 Å². The summed E-state index contributed by atoms with van der Waals surface area (Å²) in [6, 6.07) is -0.982. The highest BCUT2D eigenvalue weighted by atomic mass is 32.2. The Bertz CT molecular complexity index is 181. The van der Waals surface area contributed by atoms with Crippen LogP contribution in [0.2, 0.25) is 0 Å². The SMILES string of the molecule is N=[SH](=O)CC[C@H](N)C(=O)O. The molecule has 0 saturated heterocycles. The minimum absolute atomic E-state index is 0.0583. The first-order valence-corrected chi connectivity index (χ1v) is 4.13. The van der Waals surface area contributed by atoms with Crippen molar-refractivity contribution in [2.24, 2.45) is 5.73 Å². The maximum Gasteiger partial charge on any atom is 0.320 e. The van der Waals surface area contributed by atoms with Crippen LogP contribution in [-0.4, -0.2) is 27.1 Å². The third-order valence-electron chi connectivity index (χ3n) is 0.960. The largest absolute Gasteiger partial charge is 0.480 e. The van der Waals surface area contributed by atoms with E-state index in [1.54, 1.807) is 0 Å². The second-order valence-electron chi connectivity index (χ2n) is 1.84. The number of carboxylic acids is 1. The van der Waals surface area contributed by atoms with E-state index >= 15 is 0 Å². The summed E-state index contributed by atoms with van der Waals surface area (Å²) in [6.45, 7) is 0. The van der Waals surface area contributed by atoms with Crippen molar-refractivity contribution >= 4 is 16.6 Å². The van der Waals surface area contributed by atoms with Crippen LogP contribution in [0.3, 0.4) is 0 Å². The maximum absolute atomic E-state index is 10.1. The third-order valence-corrected chi connectivity index (χ3v) is 1.62. The van der Waals surface area contributed by atoms with Gasteiger partial charge in [-0.3, -0.25) is 13.8 Å². The summed E-state index contributed by atoms with van der Waals surface area (Å²) in [5.74, 6) is -1.06. The number of aliphatic carboxylic acids is 1. The molecule has 0 spiro atoms. The zero-order chi connectivity index (χ0) is 8.15. The van der Waals surface area contributed by atoms with Gasteiger partial charge >= 0.3 is 5.97 Å². The van der Waals surface area contributed by atoms with Gasteiger partial charge in [-0.25, -0.2) is 0 Å². The van der Waals surface area contributed by atoms with Gasteiger partial charge in [-0.05, 0) is 6.42 Å². The predicted molar refractivity (Wildman–Crippen MR) is 37.4 cm³/mol. The number of thiol groups is 1. The summed E-state index contributed by atoms with van der Waals surface area (Å²) in [7, 11) is -2.00. The third kappa shape index (κ3) is 4.28. The number of carboxylic acid groups (broad SMARTS) is 1. The van der Waals surface area contributed by atoms with Gasteiger partial charge in [0.1, 0.15) is 6.04 Å². The molecule has 60 valence electrons. The van der Waals surface area contributed by atoms with Crippen molar-refractivity contribution in [2.45, 2.75) is 12.5 Å². The molecule has 0 saturated carbocycles. The molecule has 0 aliphatic rings. The van der Waals surface area contributed by atoms with E-state index < -0.39 is 22.6 Å². The maximum atomic E-state index is 10.1. The highest BCUT2D eigenvalue weighted by Gasteiger charge is 2.09. The molecule has 0 bridgehead atoms. The average molecular weight is 166 g/mol. The molecular weight excluding hydrogens is 156 g/mol. The fourth-order valence-electron chi connectivity index (χ4n) is 0.380. The van der Waals surface area contributed by atoms with Gasteiger partial charge in [0.15, 0.2) is 0 Å². The van der Waals surface area contributed by atoms with Gasteiger partial charge < -0.3 is 10.8 Å². The Kier molecular flexibility index (Phi) is 3.97. The number of hydrogen-bond donors (Lipinski definition) is 4. The molecule has 10 heavy (non-hydrogen) atoms. The number of nitrogens with one attached hydrogen (secondary N) is 1. The lowest BCUT2D eigenvalue weighted by Gasteiger charge is -2.01. The van der Waals surface area contributed by atoms with E-state index in [9.17, 15) is 9.00 Å². The molecule has 0 fully saturated rings. The van der Waals surface area contributed by atoms with E-state index in [2.05, 4.69) is 0 Å². The molecule has 1 unspecified atom stereocenters. The summed E-state index contributed by atoms with van der Waals surface area (Å²) in [4.78, 5) is 10.0. The highest BCUT2D eigenvalue weighted by molar-refractivity contribution is 7.73. The van der Waals surface area contributed by atoms with E-state index in [4.69, 9.17) is 15.6 Å². The summed E-state index contributed by atoms with van der Waals surface area (Å²) < 4.78 is 16.7. The molecule has 0 radical (unpaired) electrons. The van der Waals surface area contributed by atoms with E-state index in [0.717, 1.165) is 0 Å². The van der Waals surface area contributed by atoms with E-state index in [1.165, 1.54) is 0 Å². The van der Waals surface area contributed by atoms with Gasteiger partial charge in [-0.2, -0.15) is 0 Å². The standard InChI is InChI=1S/C4H10N2O3S/c5-3(4(7)8)1-2-10(6)9/h3,6,10H,1-2,5H2,(H,7,8)/t3-/m0/s1. The molecular formula is C4H10N2O3S. The summed E-state index contributed by atoms with van der Waals surface area (Å²) in [6.07, 6.45) is 0.105. The minimum Gasteiger partial charge on any atom is -0.480 e.